The third-order valence-electron chi connectivity index (χ3n) is 2.20. The van der Waals surface area contributed by atoms with E-state index in [-0.39, 0.29) is 5.78 Å². The summed E-state index contributed by atoms with van der Waals surface area (Å²) in [5.41, 5.74) is 0.836. The third-order valence-corrected chi connectivity index (χ3v) is 2.20. The van der Waals surface area contributed by atoms with Crippen LogP contribution in [0, 0.1) is 0 Å². The number of rotatable bonds is 6. The molecule has 0 fully saturated rings. The van der Waals surface area contributed by atoms with Crippen LogP contribution in [0.2, 0.25) is 0 Å². The van der Waals surface area contributed by atoms with Gasteiger partial charge in [0.05, 0.1) is 19.9 Å². The molecule has 0 saturated heterocycles. The molecule has 1 rings (SSSR count). The lowest BCUT2D eigenvalue weighted by Crippen LogP contribution is -2.07. The van der Waals surface area contributed by atoms with Crippen LogP contribution in [0.25, 0.3) is 0 Å². The zero-order chi connectivity index (χ0) is 12.0. The van der Waals surface area contributed by atoms with Crippen molar-refractivity contribution in [1.82, 2.24) is 0 Å². The standard InChI is InChI=1S/C12H17NO3/c1-9(14)6-7-13-11-8-10(15-2)4-5-12(11)16-3/h4-5,8,13H,6-7H2,1-3H3. The van der Waals surface area contributed by atoms with Gasteiger partial charge in [0.25, 0.3) is 0 Å². The Hall–Kier alpha value is -1.71. The van der Waals surface area contributed by atoms with Gasteiger partial charge in [-0.05, 0) is 19.1 Å². The van der Waals surface area contributed by atoms with E-state index in [0.717, 1.165) is 17.2 Å². The van der Waals surface area contributed by atoms with Gasteiger partial charge in [-0.3, -0.25) is 4.79 Å². The van der Waals surface area contributed by atoms with E-state index in [2.05, 4.69) is 5.32 Å². The number of ether oxygens (including phenoxy) is 2. The zero-order valence-electron chi connectivity index (χ0n) is 9.87. The van der Waals surface area contributed by atoms with Crippen LogP contribution in [0.4, 0.5) is 5.69 Å². The highest BCUT2D eigenvalue weighted by Crippen LogP contribution is 2.28. The van der Waals surface area contributed by atoms with Crippen LogP contribution in [0.15, 0.2) is 18.2 Å². The van der Waals surface area contributed by atoms with Gasteiger partial charge in [0, 0.05) is 19.0 Å². The molecule has 16 heavy (non-hydrogen) atoms. The number of hydrogen-bond donors (Lipinski definition) is 1. The van der Waals surface area contributed by atoms with Crippen LogP contribution < -0.4 is 14.8 Å². The lowest BCUT2D eigenvalue weighted by atomic mass is 10.2. The lowest BCUT2D eigenvalue weighted by molar-refractivity contribution is -0.116. The van der Waals surface area contributed by atoms with Crippen LogP contribution in [-0.2, 0) is 4.79 Å². The summed E-state index contributed by atoms with van der Waals surface area (Å²) in [4.78, 5) is 10.8. The van der Waals surface area contributed by atoms with E-state index in [1.807, 2.05) is 18.2 Å². The van der Waals surface area contributed by atoms with E-state index in [4.69, 9.17) is 9.47 Å². The fraction of sp³-hybridized carbons (Fsp3) is 0.417. The Morgan fingerprint density at radius 2 is 2.06 bits per heavy atom. The van der Waals surface area contributed by atoms with Crippen LogP contribution in [0.5, 0.6) is 11.5 Å². The molecule has 4 heteroatoms. The van der Waals surface area contributed by atoms with Gasteiger partial charge in [0.1, 0.15) is 17.3 Å². The first-order chi connectivity index (χ1) is 7.67. The molecule has 1 N–H and O–H groups in total. The minimum atomic E-state index is 0.161. The van der Waals surface area contributed by atoms with Crippen molar-refractivity contribution in [3.63, 3.8) is 0 Å². The fourth-order valence-electron chi connectivity index (χ4n) is 1.33. The predicted octanol–water partition coefficient (Wildman–Crippen LogP) is 2.09. The molecule has 0 heterocycles. The Labute approximate surface area is 95.6 Å². The minimum Gasteiger partial charge on any atom is -0.497 e. The molecule has 0 radical (unpaired) electrons. The first-order valence-electron chi connectivity index (χ1n) is 5.12. The van der Waals surface area contributed by atoms with Crippen LogP contribution in [-0.4, -0.2) is 26.5 Å². The molecule has 0 unspecified atom stereocenters. The summed E-state index contributed by atoms with van der Waals surface area (Å²) < 4.78 is 10.3. The van der Waals surface area contributed by atoms with Crippen LogP contribution in [0.3, 0.4) is 0 Å². The Morgan fingerprint density at radius 3 is 2.62 bits per heavy atom. The number of nitrogens with one attached hydrogen (secondary N) is 1. The van der Waals surface area contributed by atoms with E-state index in [1.165, 1.54) is 0 Å². The zero-order valence-corrected chi connectivity index (χ0v) is 9.87. The second kappa shape index (κ2) is 6.00. The van der Waals surface area contributed by atoms with E-state index >= 15 is 0 Å². The quantitative estimate of drug-likeness (QED) is 0.802. The number of benzene rings is 1. The second-order valence-corrected chi connectivity index (χ2v) is 3.45. The van der Waals surface area contributed by atoms with Gasteiger partial charge in [-0.2, -0.15) is 0 Å². The molecule has 1 aromatic carbocycles. The van der Waals surface area contributed by atoms with E-state index < -0.39 is 0 Å². The Balaban J connectivity index is 2.71. The van der Waals surface area contributed by atoms with E-state index in [1.54, 1.807) is 21.1 Å². The normalized spacial score (nSPS) is 9.69. The SMILES string of the molecule is COc1ccc(OC)c(NCCC(C)=O)c1. The van der Waals surface area contributed by atoms with Crippen molar-refractivity contribution in [3.8, 4) is 11.5 Å². The molecule has 0 saturated carbocycles. The summed E-state index contributed by atoms with van der Waals surface area (Å²) >= 11 is 0. The van der Waals surface area contributed by atoms with Gasteiger partial charge >= 0.3 is 0 Å². The molecule has 0 atom stereocenters. The van der Waals surface area contributed by atoms with E-state index in [9.17, 15) is 4.79 Å². The van der Waals surface area contributed by atoms with Gasteiger partial charge in [0.15, 0.2) is 0 Å². The fourth-order valence-corrected chi connectivity index (χ4v) is 1.33. The van der Waals surface area contributed by atoms with Gasteiger partial charge in [-0.15, -0.1) is 0 Å². The predicted molar refractivity (Wildman–Crippen MR) is 63.3 cm³/mol. The number of anilines is 1. The molecule has 0 aliphatic rings. The van der Waals surface area contributed by atoms with Gasteiger partial charge < -0.3 is 14.8 Å². The topological polar surface area (TPSA) is 47.6 Å². The number of Topliss-reactive ketones (excluding diaryl/α,β-unsaturated/α-hetero) is 1. The summed E-state index contributed by atoms with van der Waals surface area (Å²) in [6, 6.07) is 5.50. The molecule has 0 spiro atoms. The second-order valence-electron chi connectivity index (χ2n) is 3.45. The largest absolute Gasteiger partial charge is 0.497 e. The number of ketones is 1. The van der Waals surface area contributed by atoms with Gasteiger partial charge in [-0.1, -0.05) is 0 Å². The smallest absolute Gasteiger partial charge is 0.142 e. The van der Waals surface area contributed by atoms with E-state index in [0.29, 0.717) is 13.0 Å². The van der Waals surface area contributed by atoms with Crippen molar-refractivity contribution in [2.24, 2.45) is 0 Å². The highest BCUT2D eigenvalue weighted by atomic mass is 16.5. The van der Waals surface area contributed by atoms with Crippen molar-refractivity contribution in [2.75, 3.05) is 26.1 Å². The first kappa shape index (κ1) is 12.4. The monoisotopic (exact) mass is 223 g/mol. The first-order valence-corrected chi connectivity index (χ1v) is 5.12. The summed E-state index contributed by atoms with van der Waals surface area (Å²) in [5.74, 6) is 1.66. The molecule has 4 nitrogen and oxygen atoms in total. The average Bonchev–Trinajstić information content (AvgIpc) is 2.28. The van der Waals surface area contributed by atoms with Gasteiger partial charge in [-0.25, -0.2) is 0 Å². The summed E-state index contributed by atoms with van der Waals surface area (Å²) in [6.07, 6.45) is 0.500. The highest BCUT2D eigenvalue weighted by molar-refractivity contribution is 5.76. The molecule has 0 aliphatic carbocycles. The van der Waals surface area contributed by atoms with Crippen LogP contribution in [0.1, 0.15) is 13.3 Å². The Bertz CT molecular complexity index is 363. The average molecular weight is 223 g/mol. The maximum Gasteiger partial charge on any atom is 0.142 e. The van der Waals surface area contributed by atoms with Gasteiger partial charge in [0.2, 0.25) is 0 Å². The number of carbonyl (C=O) groups is 1. The molecule has 0 amide bonds. The third kappa shape index (κ3) is 3.46. The highest BCUT2D eigenvalue weighted by Gasteiger charge is 2.04. The molecule has 0 aliphatic heterocycles. The molecule has 0 bridgehead atoms. The molecule has 1 aromatic rings. The minimum absolute atomic E-state index is 0.161. The molecular weight excluding hydrogens is 206 g/mol. The molecule has 88 valence electrons. The van der Waals surface area contributed by atoms with Crippen molar-refractivity contribution >= 4 is 11.5 Å². The summed E-state index contributed by atoms with van der Waals surface area (Å²) in [5, 5.41) is 3.14. The number of methoxy groups -OCH3 is 2. The van der Waals surface area contributed by atoms with Crippen molar-refractivity contribution in [1.29, 1.82) is 0 Å². The lowest BCUT2D eigenvalue weighted by Gasteiger charge is -2.11. The number of hydrogen-bond acceptors (Lipinski definition) is 4. The summed E-state index contributed by atoms with van der Waals surface area (Å²) in [7, 11) is 3.22. The maximum atomic E-state index is 10.8. The molecule has 0 aromatic heterocycles. The van der Waals surface area contributed by atoms with Crippen LogP contribution >= 0.6 is 0 Å². The Kier molecular flexibility index (Phi) is 4.64. The Morgan fingerprint density at radius 1 is 1.31 bits per heavy atom. The van der Waals surface area contributed by atoms with Crippen molar-refractivity contribution < 1.29 is 14.3 Å². The number of carbonyl (C=O) groups excluding carboxylic acids is 1. The summed E-state index contributed by atoms with van der Waals surface area (Å²) in [6.45, 7) is 2.17. The van der Waals surface area contributed by atoms with Crippen molar-refractivity contribution in [2.45, 2.75) is 13.3 Å². The van der Waals surface area contributed by atoms with Crippen molar-refractivity contribution in [3.05, 3.63) is 18.2 Å². The maximum absolute atomic E-state index is 10.8. The molecular formula is C12H17NO3.